The maximum Gasteiger partial charge on any atom is 0.412 e. The van der Waals surface area contributed by atoms with Crippen LogP contribution in [-0.4, -0.2) is 64.0 Å². The third kappa shape index (κ3) is 7.10. The van der Waals surface area contributed by atoms with Gasteiger partial charge in [-0.2, -0.15) is 8.78 Å². The minimum atomic E-state index is -3.99. The standard InChI is InChI=1S/C24H28F2N4O8/c1-2-36-23(35)29-17-12-13-27-22(34)30(17)21-24(25,26)20(16(14-31)37-21)38-19(33)11-7-6-10-18(32)28-15-8-4-3-5-9-15/h3-5,8-9,12-13,16,20-21,31H,2,6-7,10-11,14H2,1H3,(H,28,32)(H,29,35)/t16-,20-,21-/m1/s1. The van der Waals surface area contributed by atoms with Crippen LogP contribution in [0.5, 0.6) is 0 Å². The molecule has 1 aromatic heterocycles. The van der Waals surface area contributed by atoms with Crippen LogP contribution in [0, 0.1) is 0 Å². The lowest BCUT2D eigenvalue weighted by atomic mass is 10.1. The molecule has 14 heteroatoms. The number of para-hydroxylation sites is 1. The Labute approximate surface area is 215 Å². The Hall–Kier alpha value is -3.91. The van der Waals surface area contributed by atoms with Crippen LogP contribution in [0.15, 0.2) is 47.4 Å². The summed E-state index contributed by atoms with van der Waals surface area (Å²) in [5.41, 5.74) is -0.556. The number of amides is 2. The highest BCUT2D eigenvalue weighted by atomic mass is 19.3. The molecule has 0 unspecified atom stereocenters. The Morgan fingerprint density at radius 2 is 1.84 bits per heavy atom. The van der Waals surface area contributed by atoms with Crippen molar-refractivity contribution in [1.29, 1.82) is 0 Å². The lowest BCUT2D eigenvalue weighted by Gasteiger charge is -2.25. The normalized spacial score (nSPS) is 19.9. The number of alkyl halides is 2. The highest BCUT2D eigenvalue weighted by Gasteiger charge is 2.62. The zero-order chi connectivity index (χ0) is 27.7. The number of aliphatic hydroxyl groups excluding tert-OH is 1. The van der Waals surface area contributed by atoms with E-state index in [0.717, 1.165) is 12.3 Å². The summed E-state index contributed by atoms with van der Waals surface area (Å²) in [5.74, 6) is -5.65. The molecule has 12 nitrogen and oxygen atoms in total. The molecule has 1 aromatic carbocycles. The van der Waals surface area contributed by atoms with Crippen LogP contribution >= 0.6 is 0 Å². The van der Waals surface area contributed by atoms with Gasteiger partial charge < -0.3 is 24.6 Å². The van der Waals surface area contributed by atoms with Crippen LogP contribution < -0.4 is 16.3 Å². The van der Waals surface area contributed by atoms with E-state index in [1.165, 1.54) is 6.92 Å². The van der Waals surface area contributed by atoms with Crippen LogP contribution in [0.2, 0.25) is 0 Å². The summed E-state index contributed by atoms with van der Waals surface area (Å²) in [6, 6.07) is 9.86. The largest absolute Gasteiger partial charge is 0.453 e. The Kier molecular flexibility index (Phi) is 9.85. The van der Waals surface area contributed by atoms with Gasteiger partial charge in [0.15, 0.2) is 6.10 Å². The molecule has 3 atom stereocenters. The summed E-state index contributed by atoms with van der Waals surface area (Å²) in [7, 11) is 0. The monoisotopic (exact) mass is 538 g/mol. The molecule has 0 radical (unpaired) electrons. The third-order valence-electron chi connectivity index (χ3n) is 5.50. The van der Waals surface area contributed by atoms with Crippen molar-refractivity contribution in [3.63, 3.8) is 0 Å². The lowest BCUT2D eigenvalue weighted by molar-refractivity contribution is -0.176. The van der Waals surface area contributed by atoms with Gasteiger partial charge in [-0.1, -0.05) is 18.2 Å². The Morgan fingerprint density at radius 3 is 2.53 bits per heavy atom. The van der Waals surface area contributed by atoms with Crippen molar-refractivity contribution in [3.8, 4) is 0 Å². The fourth-order valence-electron chi connectivity index (χ4n) is 3.76. The number of hydrogen-bond acceptors (Lipinski definition) is 9. The van der Waals surface area contributed by atoms with Gasteiger partial charge in [-0.15, -0.1) is 0 Å². The molecule has 1 aliphatic rings. The highest BCUT2D eigenvalue weighted by Crippen LogP contribution is 2.44. The first kappa shape index (κ1) is 28.7. The number of unbranched alkanes of at least 4 members (excludes halogenated alkanes) is 1. The molecule has 38 heavy (non-hydrogen) atoms. The molecular weight excluding hydrogens is 510 g/mol. The van der Waals surface area contributed by atoms with Gasteiger partial charge in [-0.3, -0.25) is 14.9 Å². The van der Waals surface area contributed by atoms with Gasteiger partial charge in [0.05, 0.1) is 13.2 Å². The summed E-state index contributed by atoms with van der Waals surface area (Å²) >= 11 is 0. The van der Waals surface area contributed by atoms with E-state index in [1.807, 2.05) is 0 Å². The number of halogens is 2. The number of rotatable bonds is 11. The van der Waals surface area contributed by atoms with Crippen LogP contribution in [0.3, 0.4) is 0 Å². The molecule has 0 saturated carbocycles. The minimum absolute atomic E-state index is 0.0143. The molecule has 3 rings (SSSR count). The van der Waals surface area contributed by atoms with Crippen LogP contribution in [0.4, 0.5) is 25.1 Å². The topological polar surface area (TPSA) is 158 Å². The summed E-state index contributed by atoms with van der Waals surface area (Å²) in [5, 5.41) is 14.5. The number of esters is 1. The molecule has 206 valence electrons. The molecule has 3 N–H and O–H groups in total. The van der Waals surface area contributed by atoms with Crippen LogP contribution in [0.25, 0.3) is 0 Å². The average Bonchev–Trinajstić information content (AvgIpc) is 3.12. The third-order valence-corrected chi connectivity index (χ3v) is 5.50. The summed E-state index contributed by atoms with van der Waals surface area (Å²) in [6.45, 7) is 0.566. The Balaban J connectivity index is 1.61. The molecular formula is C24H28F2N4O8. The molecule has 0 spiro atoms. The van der Waals surface area contributed by atoms with E-state index in [2.05, 4.69) is 15.6 Å². The van der Waals surface area contributed by atoms with Crippen molar-refractivity contribution in [2.75, 3.05) is 23.8 Å². The second-order valence-corrected chi connectivity index (χ2v) is 8.24. The van der Waals surface area contributed by atoms with Crippen molar-refractivity contribution in [2.24, 2.45) is 0 Å². The molecule has 1 saturated heterocycles. The van der Waals surface area contributed by atoms with E-state index in [-0.39, 0.29) is 31.8 Å². The summed E-state index contributed by atoms with van der Waals surface area (Å²) < 4.78 is 46.1. The smallest absolute Gasteiger partial charge is 0.412 e. The zero-order valence-electron chi connectivity index (χ0n) is 20.5. The number of carbonyl (C=O) groups is 3. The van der Waals surface area contributed by atoms with Crippen LogP contribution in [-0.2, 0) is 23.8 Å². The Morgan fingerprint density at radius 1 is 1.13 bits per heavy atom. The molecule has 0 aliphatic carbocycles. The number of nitrogens with one attached hydrogen (secondary N) is 2. The van der Waals surface area contributed by atoms with E-state index < -0.39 is 54.5 Å². The number of ether oxygens (including phenoxy) is 3. The fourth-order valence-corrected chi connectivity index (χ4v) is 3.76. The first-order valence-electron chi connectivity index (χ1n) is 11.9. The van der Waals surface area contributed by atoms with Crippen molar-refractivity contribution >= 4 is 29.5 Å². The predicted molar refractivity (Wildman–Crippen MR) is 129 cm³/mol. The molecule has 2 aromatic rings. The van der Waals surface area contributed by atoms with Crippen molar-refractivity contribution in [3.05, 3.63) is 53.1 Å². The van der Waals surface area contributed by atoms with Crippen molar-refractivity contribution < 1.29 is 42.5 Å². The first-order chi connectivity index (χ1) is 18.2. The van der Waals surface area contributed by atoms with Crippen LogP contribution in [0.1, 0.15) is 38.8 Å². The van der Waals surface area contributed by atoms with E-state index in [4.69, 9.17) is 14.2 Å². The quantitative estimate of drug-likeness (QED) is 0.289. The second-order valence-electron chi connectivity index (χ2n) is 8.24. The second kappa shape index (κ2) is 13.1. The molecule has 1 aliphatic heterocycles. The fraction of sp³-hybridized carbons (Fsp3) is 0.458. The van der Waals surface area contributed by atoms with Gasteiger partial charge in [0.2, 0.25) is 12.1 Å². The average molecular weight is 539 g/mol. The Bertz CT molecular complexity index is 1180. The summed E-state index contributed by atoms with van der Waals surface area (Å²) in [4.78, 5) is 51.9. The lowest BCUT2D eigenvalue weighted by Crippen LogP contribution is -2.45. The minimum Gasteiger partial charge on any atom is -0.453 e. The maximum absolute atomic E-state index is 15.4. The predicted octanol–water partition coefficient (Wildman–Crippen LogP) is 2.45. The summed E-state index contributed by atoms with van der Waals surface area (Å²) in [6.07, 6.45) is -5.94. The van der Waals surface area contributed by atoms with Gasteiger partial charge in [0, 0.05) is 24.7 Å². The molecule has 1 fully saturated rings. The van der Waals surface area contributed by atoms with Gasteiger partial charge in [0.1, 0.15) is 11.9 Å². The SMILES string of the molecule is CCOC(=O)Nc1ccnc(=O)n1[C@@H]1O[C@H](CO)[C@@H](OC(=O)CCCCC(=O)Nc2ccccc2)C1(F)F. The van der Waals surface area contributed by atoms with Gasteiger partial charge in [0.25, 0.3) is 0 Å². The van der Waals surface area contributed by atoms with E-state index in [1.54, 1.807) is 30.3 Å². The van der Waals surface area contributed by atoms with E-state index in [9.17, 15) is 24.3 Å². The number of carbonyl (C=O) groups excluding carboxylic acids is 3. The maximum atomic E-state index is 15.4. The van der Waals surface area contributed by atoms with Crippen molar-refractivity contribution in [2.45, 2.75) is 57.0 Å². The molecule has 2 amide bonds. The number of aromatic nitrogens is 2. The highest BCUT2D eigenvalue weighted by molar-refractivity contribution is 5.90. The molecule has 2 heterocycles. The zero-order valence-corrected chi connectivity index (χ0v) is 20.5. The van der Waals surface area contributed by atoms with E-state index >= 15 is 8.78 Å². The number of aliphatic hydroxyl groups is 1. The van der Waals surface area contributed by atoms with Gasteiger partial charge in [-0.25, -0.2) is 19.1 Å². The number of benzene rings is 1. The number of hydrogen-bond donors (Lipinski definition) is 3. The molecule has 0 bridgehead atoms. The first-order valence-corrected chi connectivity index (χ1v) is 11.9. The number of nitrogens with zero attached hydrogens (tertiary/aromatic N) is 2. The number of anilines is 2. The van der Waals surface area contributed by atoms with Gasteiger partial charge >= 0.3 is 23.7 Å². The van der Waals surface area contributed by atoms with Gasteiger partial charge in [-0.05, 0) is 38.0 Å². The van der Waals surface area contributed by atoms with Crippen molar-refractivity contribution in [1.82, 2.24) is 9.55 Å². The van der Waals surface area contributed by atoms with E-state index in [0.29, 0.717) is 16.7 Å².